The van der Waals surface area contributed by atoms with E-state index in [0.717, 1.165) is 28.7 Å². The maximum absolute atomic E-state index is 6.03. The molecule has 0 bridgehead atoms. The smallest absolute Gasteiger partial charge is 0.147 e. The van der Waals surface area contributed by atoms with Crippen LogP contribution in [-0.2, 0) is 0 Å². The molecular formula is C15H21N5S. The maximum Gasteiger partial charge on any atom is 0.147 e. The van der Waals surface area contributed by atoms with Crippen LogP contribution in [0.2, 0.25) is 0 Å². The summed E-state index contributed by atoms with van der Waals surface area (Å²) in [7, 11) is 2.20. The van der Waals surface area contributed by atoms with Crippen LogP contribution in [0.15, 0.2) is 24.5 Å². The molecule has 112 valence electrons. The second kappa shape index (κ2) is 5.99. The number of anilines is 2. The van der Waals surface area contributed by atoms with Gasteiger partial charge in [0.15, 0.2) is 0 Å². The molecular weight excluding hydrogens is 282 g/mol. The summed E-state index contributed by atoms with van der Waals surface area (Å²) < 4.78 is 4.29. The van der Waals surface area contributed by atoms with Gasteiger partial charge in [0, 0.05) is 31.0 Å². The number of nitrogens with two attached hydrogens (primary N) is 1. The van der Waals surface area contributed by atoms with E-state index in [1.54, 1.807) is 12.4 Å². The first kappa shape index (κ1) is 14.3. The molecule has 3 rings (SSSR count). The SMILES string of the molecule is CC(CNc1snc(N)c1-c1ccncc1)N(C)C1CC1. The summed E-state index contributed by atoms with van der Waals surface area (Å²) in [4.78, 5) is 6.50. The first-order valence-electron chi connectivity index (χ1n) is 7.28. The van der Waals surface area contributed by atoms with Crippen molar-refractivity contribution < 1.29 is 0 Å². The van der Waals surface area contributed by atoms with Crippen LogP contribution in [-0.4, -0.2) is 39.9 Å². The van der Waals surface area contributed by atoms with Crippen molar-refractivity contribution in [3.8, 4) is 11.1 Å². The molecule has 21 heavy (non-hydrogen) atoms. The van der Waals surface area contributed by atoms with E-state index in [1.807, 2.05) is 12.1 Å². The first-order valence-corrected chi connectivity index (χ1v) is 8.05. The number of pyridine rings is 1. The van der Waals surface area contributed by atoms with E-state index in [9.17, 15) is 0 Å². The fraction of sp³-hybridized carbons (Fsp3) is 0.467. The Morgan fingerprint density at radius 2 is 2.14 bits per heavy atom. The van der Waals surface area contributed by atoms with Gasteiger partial charge in [0.05, 0.1) is 5.56 Å². The first-order chi connectivity index (χ1) is 10.2. The second-order valence-corrected chi connectivity index (χ2v) is 6.41. The molecule has 6 heteroatoms. The van der Waals surface area contributed by atoms with Crippen LogP contribution < -0.4 is 11.1 Å². The summed E-state index contributed by atoms with van der Waals surface area (Å²) in [5, 5.41) is 4.55. The second-order valence-electron chi connectivity index (χ2n) is 5.63. The Morgan fingerprint density at radius 1 is 1.43 bits per heavy atom. The highest BCUT2D eigenvalue weighted by atomic mass is 32.1. The van der Waals surface area contributed by atoms with Crippen molar-refractivity contribution in [2.75, 3.05) is 24.6 Å². The number of nitrogens with one attached hydrogen (secondary N) is 1. The zero-order chi connectivity index (χ0) is 14.8. The van der Waals surface area contributed by atoms with E-state index in [0.29, 0.717) is 11.9 Å². The molecule has 0 radical (unpaired) electrons. The fourth-order valence-corrected chi connectivity index (χ4v) is 3.19. The molecule has 1 fully saturated rings. The third-order valence-corrected chi connectivity index (χ3v) is 4.88. The van der Waals surface area contributed by atoms with E-state index >= 15 is 0 Å². The fourth-order valence-electron chi connectivity index (χ4n) is 2.45. The van der Waals surface area contributed by atoms with Gasteiger partial charge in [-0.05, 0) is 56.0 Å². The quantitative estimate of drug-likeness (QED) is 0.859. The molecule has 0 amide bonds. The number of hydrogen-bond donors (Lipinski definition) is 2. The lowest BCUT2D eigenvalue weighted by molar-refractivity contribution is 0.257. The van der Waals surface area contributed by atoms with Crippen molar-refractivity contribution in [1.82, 2.24) is 14.3 Å². The third kappa shape index (κ3) is 3.16. The van der Waals surface area contributed by atoms with Crippen LogP contribution >= 0.6 is 11.5 Å². The molecule has 3 N–H and O–H groups in total. The van der Waals surface area contributed by atoms with Crippen molar-refractivity contribution in [2.24, 2.45) is 0 Å². The van der Waals surface area contributed by atoms with Gasteiger partial charge in [-0.2, -0.15) is 4.37 Å². The molecule has 0 aromatic carbocycles. The van der Waals surface area contributed by atoms with Gasteiger partial charge in [-0.1, -0.05) is 0 Å². The summed E-state index contributed by atoms with van der Waals surface area (Å²) in [5.74, 6) is 0.580. The number of likely N-dealkylation sites (N-methyl/N-ethyl adjacent to an activating group) is 1. The summed E-state index contributed by atoms with van der Waals surface area (Å²) in [6, 6.07) is 5.19. The molecule has 1 aliphatic rings. The zero-order valence-electron chi connectivity index (χ0n) is 12.4. The lowest BCUT2D eigenvalue weighted by atomic mass is 10.1. The Balaban J connectivity index is 1.71. The predicted octanol–water partition coefficient (Wildman–Crippen LogP) is 2.68. The number of rotatable bonds is 6. The van der Waals surface area contributed by atoms with Crippen LogP contribution in [0, 0.1) is 0 Å². The van der Waals surface area contributed by atoms with Gasteiger partial charge in [0.25, 0.3) is 0 Å². The average molecular weight is 303 g/mol. The Labute approximate surface area is 129 Å². The molecule has 1 saturated carbocycles. The molecule has 0 aliphatic heterocycles. The van der Waals surface area contributed by atoms with Gasteiger partial charge >= 0.3 is 0 Å². The van der Waals surface area contributed by atoms with E-state index in [4.69, 9.17) is 5.73 Å². The van der Waals surface area contributed by atoms with E-state index in [-0.39, 0.29) is 0 Å². The lowest BCUT2D eigenvalue weighted by Crippen LogP contribution is -2.36. The normalized spacial score (nSPS) is 16.1. The van der Waals surface area contributed by atoms with Crippen LogP contribution in [0.5, 0.6) is 0 Å². The monoisotopic (exact) mass is 303 g/mol. The van der Waals surface area contributed by atoms with Crippen LogP contribution in [0.1, 0.15) is 19.8 Å². The van der Waals surface area contributed by atoms with Gasteiger partial charge in [-0.25, -0.2) is 0 Å². The highest BCUT2D eigenvalue weighted by Gasteiger charge is 2.29. The van der Waals surface area contributed by atoms with E-state index in [2.05, 4.69) is 33.5 Å². The molecule has 1 aliphatic carbocycles. The van der Waals surface area contributed by atoms with E-state index in [1.165, 1.54) is 24.4 Å². The summed E-state index contributed by atoms with van der Waals surface area (Å²) in [5.41, 5.74) is 8.07. The summed E-state index contributed by atoms with van der Waals surface area (Å²) in [6.45, 7) is 3.15. The van der Waals surface area contributed by atoms with Crippen molar-refractivity contribution >= 4 is 22.4 Å². The molecule has 5 nitrogen and oxygen atoms in total. The zero-order valence-corrected chi connectivity index (χ0v) is 13.2. The number of aromatic nitrogens is 2. The molecule has 1 unspecified atom stereocenters. The van der Waals surface area contributed by atoms with Crippen LogP contribution in [0.4, 0.5) is 10.8 Å². The standard InChI is InChI=1S/C15H21N5S/c1-10(20(2)12-3-4-12)9-18-15-13(14(16)19-21-15)11-5-7-17-8-6-11/h5-8,10,12,18H,3-4,9H2,1-2H3,(H2,16,19). The van der Waals surface area contributed by atoms with Crippen molar-refractivity contribution in [2.45, 2.75) is 31.8 Å². The number of nitrogen functional groups attached to an aromatic ring is 1. The lowest BCUT2D eigenvalue weighted by Gasteiger charge is -2.24. The minimum Gasteiger partial charge on any atom is -0.382 e. The van der Waals surface area contributed by atoms with E-state index < -0.39 is 0 Å². The van der Waals surface area contributed by atoms with Crippen molar-refractivity contribution in [1.29, 1.82) is 0 Å². The Bertz CT molecular complexity index is 593. The maximum atomic E-state index is 6.03. The Kier molecular flexibility index (Phi) is 4.07. The van der Waals surface area contributed by atoms with Gasteiger partial charge in [0.1, 0.15) is 10.8 Å². The topological polar surface area (TPSA) is 67.1 Å². The minimum absolute atomic E-state index is 0.492. The molecule has 2 aromatic heterocycles. The van der Waals surface area contributed by atoms with Crippen molar-refractivity contribution in [3.05, 3.63) is 24.5 Å². The minimum atomic E-state index is 0.492. The molecule has 0 saturated heterocycles. The van der Waals surface area contributed by atoms with Gasteiger partial charge < -0.3 is 11.1 Å². The van der Waals surface area contributed by atoms with Crippen LogP contribution in [0.3, 0.4) is 0 Å². The largest absolute Gasteiger partial charge is 0.382 e. The molecule has 2 heterocycles. The Morgan fingerprint density at radius 3 is 2.81 bits per heavy atom. The summed E-state index contributed by atoms with van der Waals surface area (Å²) in [6.07, 6.45) is 6.21. The molecule has 0 spiro atoms. The third-order valence-electron chi connectivity index (χ3n) is 4.06. The highest BCUT2D eigenvalue weighted by Crippen LogP contribution is 2.36. The average Bonchev–Trinajstić information content (AvgIpc) is 3.28. The van der Waals surface area contributed by atoms with Gasteiger partial charge in [-0.3, -0.25) is 9.88 Å². The highest BCUT2D eigenvalue weighted by molar-refractivity contribution is 7.11. The molecule has 2 aromatic rings. The van der Waals surface area contributed by atoms with Gasteiger partial charge in [-0.15, -0.1) is 0 Å². The summed E-state index contributed by atoms with van der Waals surface area (Å²) >= 11 is 1.42. The molecule has 1 atom stereocenters. The van der Waals surface area contributed by atoms with Gasteiger partial charge in [0.2, 0.25) is 0 Å². The number of nitrogens with zero attached hydrogens (tertiary/aromatic N) is 3. The predicted molar refractivity (Wildman–Crippen MR) is 88.5 cm³/mol. The van der Waals surface area contributed by atoms with Crippen LogP contribution in [0.25, 0.3) is 11.1 Å². The number of hydrogen-bond acceptors (Lipinski definition) is 6. The van der Waals surface area contributed by atoms with Crippen molar-refractivity contribution in [3.63, 3.8) is 0 Å². The Hall–Kier alpha value is -1.66.